The predicted octanol–water partition coefficient (Wildman–Crippen LogP) is 0.749. The summed E-state index contributed by atoms with van der Waals surface area (Å²) in [6, 6.07) is 1.70. The number of hydrogen-bond acceptors (Lipinski definition) is 3. The smallest absolute Gasteiger partial charge is 0.321 e. The van der Waals surface area contributed by atoms with Crippen LogP contribution in [0, 0.1) is 11.6 Å². The second kappa shape index (κ2) is 6.05. The maximum Gasteiger partial charge on any atom is 0.321 e. The van der Waals surface area contributed by atoms with Crippen LogP contribution in [-0.4, -0.2) is 29.9 Å². The molecule has 0 amide bonds. The second-order valence-corrected chi connectivity index (χ2v) is 3.41. The highest BCUT2D eigenvalue weighted by atomic mass is 19.1. The van der Waals surface area contributed by atoms with Crippen molar-refractivity contribution in [3.8, 4) is 0 Å². The van der Waals surface area contributed by atoms with Gasteiger partial charge in [0.05, 0.1) is 6.54 Å². The van der Waals surface area contributed by atoms with Crippen LogP contribution < -0.4 is 5.32 Å². The number of rotatable bonds is 6. The van der Waals surface area contributed by atoms with E-state index in [4.69, 9.17) is 5.11 Å². The average molecular weight is 243 g/mol. The number of carbonyl (C=O) groups excluding carboxylic acids is 1. The van der Waals surface area contributed by atoms with Gasteiger partial charge < -0.3 is 9.90 Å². The van der Waals surface area contributed by atoms with Crippen molar-refractivity contribution in [2.75, 3.05) is 6.54 Å². The van der Waals surface area contributed by atoms with Gasteiger partial charge in [-0.15, -0.1) is 0 Å². The number of aldehydes is 1. The Kier molecular flexibility index (Phi) is 4.71. The third kappa shape index (κ3) is 3.92. The first-order chi connectivity index (χ1) is 8.04. The molecule has 0 fully saturated rings. The lowest BCUT2D eigenvalue weighted by Crippen LogP contribution is -2.39. The Balaban J connectivity index is 2.81. The van der Waals surface area contributed by atoms with Gasteiger partial charge in [0.15, 0.2) is 0 Å². The van der Waals surface area contributed by atoms with Gasteiger partial charge >= 0.3 is 5.97 Å². The SMILES string of the molecule is O=CCNC(Cc1cc(F)ccc1F)C(=O)O. The van der Waals surface area contributed by atoms with E-state index in [1.807, 2.05) is 0 Å². The van der Waals surface area contributed by atoms with Gasteiger partial charge in [0, 0.05) is 6.42 Å². The van der Waals surface area contributed by atoms with Crippen molar-refractivity contribution < 1.29 is 23.5 Å². The Morgan fingerprint density at radius 1 is 1.47 bits per heavy atom. The molecule has 0 aliphatic rings. The summed E-state index contributed by atoms with van der Waals surface area (Å²) in [4.78, 5) is 20.9. The fraction of sp³-hybridized carbons (Fsp3) is 0.273. The fourth-order valence-corrected chi connectivity index (χ4v) is 1.36. The van der Waals surface area contributed by atoms with Crippen molar-refractivity contribution in [1.29, 1.82) is 0 Å². The van der Waals surface area contributed by atoms with Crippen LogP contribution in [0.1, 0.15) is 5.56 Å². The van der Waals surface area contributed by atoms with Gasteiger partial charge in [0.25, 0.3) is 0 Å². The Morgan fingerprint density at radius 3 is 2.76 bits per heavy atom. The van der Waals surface area contributed by atoms with Crippen LogP contribution in [0.5, 0.6) is 0 Å². The monoisotopic (exact) mass is 243 g/mol. The van der Waals surface area contributed by atoms with Crippen LogP contribution in [0.3, 0.4) is 0 Å². The maximum atomic E-state index is 13.3. The molecule has 1 aromatic carbocycles. The van der Waals surface area contributed by atoms with Gasteiger partial charge in [0.1, 0.15) is 24.0 Å². The predicted molar refractivity (Wildman–Crippen MR) is 55.6 cm³/mol. The summed E-state index contributed by atoms with van der Waals surface area (Å²) in [6.07, 6.45) is 0.268. The quantitative estimate of drug-likeness (QED) is 0.723. The number of nitrogens with one attached hydrogen (secondary N) is 1. The van der Waals surface area contributed by atoms with Gasteiger partial charge in [0.2, 0.25) is 0 Å². The molecule has 0 saturated heterocycles. The molecule has 0 radical (unpaired) electrons. The molecule has 1 aromatic rings. The van der Waals surface area contributed by atoms with Crippen molar-refractivity contribution in [2.45, 2.75) is 12.5 Å². The van der Waals surface area contributed by atoms with E-state index in [1.165, 1.54) is 0 Å². The molecule has 1 atom stereocenters. The average Bonchev–Trinajstić information content (AvgIpc) is 2.28. The highest BCUT2D eigenvalue weighted by Gasteiger charge is 2.19. The largest absolute Gasteiger partial charge is 0.480 e. The van der Waals surface area contributed by atoms with Crippen molar-refractivity contribution in [1.82, 2.24) is 5.32 Å². The zero-order chi connectivity index (χ0) is 12.8. The lowest BCUT2D eigenvalue weighted by molar-refractivity contribution is -0.139. The molecule has 0 bridgehead atoms. The number of hydrogen-bond donors (Lipinski definition) is 2. The number of carboxylic acid groups (broad SMARTS) is 1. The van der Waals surface area contributed by atoms with Gasteiger partial charge in [-0.2, -0.15) is 0 Å². The van der Waals surface area contributed by atoms with E-state index in [1.54, 1.807) is 0 Å². The zero-order valence-electron chi connectivity index (χ0n) is 8.82. The lowest BCUT2D eigenvalue weighted by Gasteiger charge is -2.13. The van der Waals surface area contributed by atoms with Crippen LogP contribution in [0.2, 0.25) is 0 Å². The number of aliphatic carboxylic acids is 1. The summed E-state index contributed by atoms with van der Waals surface area (Å²) in [5, 5.41) is 11.2. The van der Waals surface area contributed by atoms with Gasteiger partial charge in [-0.05, 0) is 23.8 Å². The molecular weight excluding hydrogens is 232 g/mol. The molecule has 17 heavy (non-hydrogen) atoms. The van der Waals surface area contributed by atoms with E-state index in [-0.39, 0.29) is 18.5 Å². The van der Waals surface area contributed by atoms with Crippen LogP contribution in [0.25, 0.3) is 0 Å². The molecule has 0 aliphatic heterocycles. The van der Waals surface area contributed by atoms with Gasteiger partial charge in [-0.3, -0.25) is 10.1 Å². The highest BCUT2D eigenvalue weighted by molar-refractivity contribution is 5.74. The second-order valence-electron chi connectivity index (χ2n) is 3.41. The zero-order valence-corrected chi connectivity index (χ0v) is 8.82. The summed E-state index contributed by atoms with van der Waals surface area (Å²) >= 11 is 0. The molecule has 1 rings (SSSR count). The Hall–Kier alpha value is -1.82. The molecule has 0 aliphatic carbocycles. The van der Waals surface area contributed by atoms with Crippen LogP contribution >= 0.6 is 0 Å². The molecule has 4 nitrogen and oxygen atoms in total. The molecule has 6 heteroatoms. The topological polar surface area (TPSA) is 66.4 Å². The van der Waals surface area contributed by atoms with Gasteiger partial charge in [-0.1, -0.05) is 0 Å². The van der Waals surface area contributed by atoms with E-state index in [2.05, 4.69) is 5.32 Å². The molecular formula is C11H11F2NO3. The first-order valence-electron chi connectivity index (χ1n) is 4.88. The van der Waals surface area contributed by atoms with Crippen molar-refractivity contribution in [3.05, 3.63) is 35.4 Å². The van der Waals surface area contributed by atoms with E-state index >= 15 is 0 Å². The minimum Gasteiger partial charge on any atom is -0.480 e. The molecule has 0 saturated carbocycles. The number of carboxylic acids is 1. The van der Waals surface area contributed by atoms with Crippen LogP contribution in [0.15, 0.2) is 18.2 Å². The Morgan fingerprint density at radius 2 is 2.18 bits per heavy atom. The summed E-state index contributed by atoms with van der Waals surface area (Å²) in [5.41, 5.74) is -0.0456. The first kappa shape index (κ1) is 13.2. The summed E-state index contributed by atoms with van der Waals surface area (Å²) in [5.74, 6) is -2.54. The van der Waals surface area contributed by atoms with Crippen LogP contribution in [0.4, 0.5) is 8.78 Å². The van der Waals surface area contributed by atoms with Crippen molar-refractivity contribution in [3.63, 3.8) is 0 Å². The molecule has 92 valence electrons. The Bertz CT molecular complexity index is 423. The lowest BCUT2D eigenvalue weighted by atomic mass is 10.1. The molecule has 2 N–H and O–H groups in total. The van der Waals surface area contributed by atoms with Crippen molar-refractivity contribution in [2.24, 2.45) is 0 Å². The summed E-state index contributed by atoms with van der Waals surface area (Å²) in [7, 11) is 0. The molecule has 1 unspecified atom stereocenters. The van der Waals surface area contributed by atoms with E-state index in [0.717, 1.165) is 18.2 Å². The minimum atomic E-state index is -1.23. The van der Waals surface area contributed by atoms with E-state index in [0.29, 0.717) is 6.29 Å². The number of carbonyl (C=O) groups is 2. The minimum absolute atomic E-state index is 0.0456. The number of benzene rings is 1. The molecule has 0 aromatic heterocycles. The third-order valence-corrected chi connectivity index (χ3v) is 2.18. The Labute approximate surface area is 96.3 Å². The molecule has 0 spiro atoms. The summed E-state index contributed by atoms with van der Waals surface area (Å²) < 4.78 is 26.1. The maximum absolute atomic E-state index is 13.3. The standard InChI is InChI=1S/C11H11F2NO3/c12-8-1-2-9(13)7(5-8)6-10(11(16)17)14-3-4-15/h1-2,4-5,10,14H,3,6H2,(H,16,17). The normalized spacial score (nSPS) is 12.1. The third-order valence-electron chi connectivity index (χ3n) is 2.18. The van der Waals surface area contributed by atoms with E-state index < -0.39 is 23.6 Å². The van der Waals surface area contributed by atoms with Gasteiger partial charge in [-0.25, -0.2) is 8.78 Å². The fourth-order valence-electron chi connectivity index (χ4n) is 1.36. The molecule has 0 heterocycles. The first-order valence-corrected chi connectivity index (χ1v) is 4.88. The van der Waals surface area contributed by atoms with Crippen molar-refractivity contribution >= 4 is 12.3 Å². The van der Waals surface area contributed by atoms with E-state index in [9.17, 15) is 18.4 Å². The highest BCUT2D eigenvalue weighted by Crippen LogP contribution is 2.12. The summed E-state index contributed by atoms with van der Waals surface area (Å²) in [6.45, 7) is -0.159. The number of halogens is 2. The van der Waals surface area contributed by atoms with Crippen LogP contribution in [-0.2, 0) is 16.0 Å².